The molecule has 8 nitrogen and oxygen atoms in total. The number of carbonyl (C=O) groups is 1. The summed E-state index contributed by atoms with van der Waals surface area (Å²) in [6.45, 7) is 9.12. The molecule has 8 heteroatoms. The smallest absolute Gasteiger partial charge is 0.293 e. The summed E-state index contributed by atoms with van der Waals surface area (Å²) in [5.74, 6) is 0.524. The summed E-state index contributed by atoms with van der Waals surface area (Å²) in [7, 11) is 0. The number of hydrogen-bond donors (Lipinski definition) is 1. The molecule has 0 aliphatic carbocycles. The van der Waals surface area contributed by atoms with Gasteiger partial charge in [0.1, 0.15) is 18.0 Å². The van der Waals surface area contributed by atoms with E-state index in [1.54, 1.807) is 17.0 Å². The van der Waals surface area contributed by atoms with Crippen LogP contribution in [0.25, 0.3) is 0 Å². The van der Waals surface area contributed by atoms with Crippen LogP contribution < -0.4 is 10.1 Å². The minimum absolute atomic E-state index is 0.0777. The Hall–Kier alpha value is -3.13. The normalized spacial score (nSPS) is 14.2. The fourth-order valence-electron chi connectivity index (χ4n) is 3.32. The zero-order valence-corrected chi connectivity index (χ0v) is 18.2. The molecule has 3 rings (SSSR count). The lowest BCUT2D eigenvalue weighted by Crippen LogP contribution is -2.40. The molecule has 1 N–H and O–H groups in total. The lowest BCUT2D eigenvalue weighted by molar-refractivity contribution is -0.384. The molecule has 1 aliphatic heterocycles. The van der Waals surface area contributed by atoms with Crippen molar-refractivity contribution in [2.24, 2.45) is 0 Å². The van der Waals surface area contributed by atoms with Gasteiger partial charge in [-0.3, -0.25) is 14.9 Å². The van der Waals surface area contributed by atoms with Gasteiger partial charge in [0.05, 0.1) is 18.1 Å². The molecule has 1 heterocycles. The van der Waals surface area contributed by atoms with Crippen LogP contribution in [0.4, 0.5) is 11.4 Å². The molecule has 0 spiro atoms. The maximum absolute atomic E-state index is 12.6. The van der Waals surface area contributed by atoms with Gasteiger partial charge in [0.25, 0.3) is 11.6 Å². The third kappa shape index (κ3) is 5.95. The number of amides is 1. The Balaban J connectivity index is 1.58. The SMILES string of the molecule is CC(C)(C)c1ccc(OCCNc2ccc(C(=O)N3CCOCC3)cc2[N+](=O)[O-])cc1. The zero-order valence-electron chi connectivity index (χ0n) is 18.2. The number of nitro benzene ring substituents is 1. The number of nitro groups is 1. The molecular weight excluding hydrogens is 398 g/mol. The Morgan fingerprint density at radius 2 is 1.84 bits per heavy atom. The number of carbonyl (C=O) groups excluding carboxylic acids is 1. The molecule has 1 saturated heterocycles. The van der Waals surface area contributed by atoms with Crippen molar-refractivity contribution in [1.82, 2.24) is 4.90 Å². The van der Waals surface area contributed by atoms with Crippen LogP contribution in [0.15, 0.2) is 42.5 Å². The topological polar surface area (TPSA) is 93.9 Å². The third-order valence-electron chi connectivity index (χ3n) is 5.15. The van der Waals surface area contributed by atoms with E-state index in [4.69, 9.17) is 9.47 Å². The highest BCUT2D eigenvalue weighted by Crippen LogP contribution is 2.27. The maximum atomic E-state index is 12.6. The molecule has 0 aromatic heterocycles. The van der Waals surface area contributed by atoms with Crippen LogP contribution in [0, 0.1) is 10.1 Å². The number of rotatable bonds is 7. The van der Waals surface area contributed by atoms with E-state index in [1.165, 1.54) is 11.6 Å². The minimum Gasteiger partial charge on any atom is -0.492 e. The molecule has 1 fully saturated rings. The first-order valence-electron chi connectivity index (χ1n) is 10.4. The van der Waals surface area contributed by atoms with E-state index in [-0.39, 0.29) is 17.0 Å². The fraction of sp³-hybridized carbons (Fsp3) is 0.435. The van der Waals surface area contributed by atoms with E-state index in [0.29, 0.717) is 50.7 Å². The van der Waals surface area contributed by atoms with Crippen molar-refractivity contribution in [2.75, 3.05) is 44.8 Å². The molecule has 0 unspecified atom stereocenters. The lowest BCUT2D eigenvalue weighted by Gasteiger charge is -2.26. The van der Waals surface area contributed by atoms with Crippen LogP contribution in [-0.4, -0.2) is 55.2 Å². The van der Waals surface area contributed by atoms with Gasteiger partial charge in [0, 0.05) is 31.3 Å². The van der Waals surface area contributed by atoms with Gasteiger partial charge in [-0.2, -0.15) is 0 Å². The average molecular weight is 428 g/mol. The Labute approximate surface area is 182 Å². The number of anilines is 1. The van der Waals surface area contributed by atoms with Crippen molar-refractivity contribution in [3.05, 3.63) is 63.7 Å². The van der Waals surface area contributed by atoms with Gasteiger partial charge in [-0.25, -0.2) is 0 Å². The standard InChI is InChI=1S/C23H29N3O5/c1-23(2,3)18-5-7-19(8-6-18)31-13-10-24-20-9-4-17(16-21(20)26(28)29)22(27)25-11-14-30-15-12-25/h4-9,16,24H,10-15H2,1-3H3. The van der Waals surface area contributed by atoms with Crippen LogP contribution in [0.5, 0.6) is 5.75 Å². The van der Waals surface area contributed by atoms with E-state index >= 15 is 0 Å². The van der Waals surface area contributed by atoms with Crippen LogP contribution >= 0.6 is 0 Å². The summed E-state index contributed by atoms with van der Waals surface area (Å²) < 4.78 is 11.0. The van der Waals surface area contributed by atoms with E-state index in [1.807, 2.05) is 24.3 Å². The van der Waals surface area contributed by atoms with Crippen LogP contribution in [-0.2, 0) is 10.2 Å². The zero-order chi connectivity index (χ0) is 22.4. The first-order chi connectivity index (χ1) is 14.8. The highest BCUT2D eigenvalue weighted by atomic mass is 16.6. The Morgan fingerprint density at radius 3 is 2.45 bits per heavy atom. The van der Waals surface area contributed by atoms with Gasteiger partial charge in [-0.15, -0.1) is 0 Å². The minimum atomic E-state index is -0.482. The molecule has 2 aromatic rings. The summed E-state index contributed by atoms with van der Waals surface area (Å²) in [6, 6.07) is 12.4. The van der Waals surface area contributed by atoms with Crippen molar-refractivity contribution in [2.45, 2.75) is 26.2 Å². The number of ether oxygens (including phenoxy) is 2. The van der Waals surface area contributed by atoms with Crippen molar-refractivity contribution >= 4 is 17.3 Å². The van der Waals surface area contributed by atoms with Crippen molar-refractivity contribution in [3.63, 3.8) is 0 Å². The second-order valence-corrected chi connectivity index (χ2v) is 8.44. The number of benzene rings is 2. The highest BCUT2D eigenvalue weighted by Gasteiger charge is 2.22. The average Bonchev–Trinajstić information content (AvgIpc) is 2.76. The molecule has 166 valence electrons. The van der Waals surface area contributed by atoms with Crippen LogP contribution in [0.1, 0.15) is 36.7 Å². The van der Waals surface area contributed by atoms with Gasteiger partial charge in [0.15, 0.2) is 0 Å². The number of nitrogens with zero attached hydrogens (tertiary/aromatic N) is 2. The monoisotopic (exact) mass is 427 g/mol. The molecule has 0 atom stereocenters. The molecule has 1 amide bonds. The highest BCUT2D eigenvalue weighted by molar-refractivity contribution is 5.95. The predicted octanol–water partition coefficient (Wildman–Crippen LogP) is 3.86. The van der Waals surface area contributed by atoms with Crippen molar-refractivity contribution in [3.8, 4) is 5.75 Å². The second kappa shape index (κ2) is 9.78. The fourth-order valence-corrected chi connectivity index (χ4v) is 3.32. The first-order valence-corrected chi connectivity index (χ1v) is 10.4. The van der Waals surface area contributed by atoms with Crippen LogP contribution in [0.3, 0.4) is 0 Å². The van der Waals surface area contributed by atoms with Gasteiger partial charge in [0.2, 0.25) is 0 Å². The largest absolute Gasteiger partial charge is 0.492 e. The van der Waals surface area contributed by atoms with Gasteiger partial charge < -0.3 is 19.7 Å². The number of nitrogens with one attached hydrogen (secondary N) is 1. The van der Waals surface area contributed by atoms with Gasteiger partial charge in [-0.1, -0.05) is 32.9 Å². The van der Waals surface area contributed by atoms with E-state index in [2.05, 4.69) is 26.1 Å². The van der Waals surface area contributed by atoms with E-state index in [0.717, 1.165) is 5.75 Å². The molecule has 2 aromatic carbocycles. The summed E-state index contributed by atoms with van der Waals surface area (Å²) in [5, 5.41) is 14.6. The molecule has 0 radical (unpaired) electrons. The third-order valence-corrected chi connectivity index (χ3v) is 5.15. The molecule has 31 heavy (non-hydrogen) atoms. The lowest BCUT2D eigenvalue weighted by atomic mass is 9.87. The molecule has 1 aliphatic rings. The first kappa shape index (κ1) is 22.6. The summed E-state index contributed by atoms with van der Waals surface area (Å²) in [5.41, 5.74) is 1.83. The summed E-state index contributed by atoms with van der Waals surface area (Å²) in [4.78, 5) is 25.3. The summed E-state index contributed by atoms with van der Waals surface area (Å²) in [6.07, 6.45) is 0. The number of hydrogen-bond acceptors (Lipinski definition) is 6. The Kier molecular flexibility index (Phi) is 7.12. The van der Waals surface area contributed by atoms with Crippen LogP contribution in [0.2, 0.25) is 0 Å². The van der Waals surface area contributed by atoms with E-state index < -0.39 is 4.92 Å². The van der Waals surface area contributed by atoms with Gasteiger partial charge >= 0.3 is 0 Å². The molecule has 0 bridgehead atoms. The predicted molar refractivity (Wildman–Crippen MR) is 119 cm³/mol. The quantitative estimate of drug-likeness (QED) is 0.410. The second-order valence-electron chi connectivity index (χ2n) is 8.44. The number of morpholine rings is 1. The van der Waals surface area contributed by atoms with Crippen molar-refractivity contribution < 1.29 is 19.2 Å². The summed E-state index contributed by atoms with van der Waals surface area (Å²) >= 11 is 0. The Morgan fingerprint density at radius 1 is 1.16 bits per heavy atom. The van der Waals surface area contributed by atoms with Crippen molar-refractivity contribution in [1.29, 1.82) is 0 Å². The van der Waals surface area contributed by atoms with Gasteiger partial charge in [-0.05, 0) is 35.2 Å². The maximum Gasteiger partial charge on any atom is 0.293 e. The molecule has 0 saturated carbocycles. The molecular formula is C23H29N3O5. The van der Waals surface area contributed by atoms with E-state index in [9.17, 15) is 14.9 Å². The Bertz CT molecular complexity index is 916.